The average molecular weight is 248 g/mol. The smallest absolute Gasteiger partial charge is 0.325 e. The molecule has 0 radical (unpaired) electrons. The van der Waals surface area contributed by atoms with Crippen LogP contribution in [0.5, 0.6) is 0 Å². The monoisotopic (exact) mass is 248 g/mol. The summed E-state index contributed by atoms with van der Waals surface area (Å²) in [5, 5.41) is 9.00. The molecule has 1 aliphatic heterocycles. The molecule has 0 amide bonds. The van der Waals surface area contributed by atoms with Crippen LogP contribution in [0.15, 0.2) is 12.1 Å². The lowest BCUT2D eigenvalue weighted by molar-refractivity contribution is -0.138. The van der Waals surface area contributed by atoms with Crippen LogP contribution < -0.4 is 10.6 Å². The van der Waals surface area contributed by atoms with Gasteiger partial charge in [-0.1, -0.05) is 6.07 Å². The zero-order chi connectivity index (χ0) is 13.3. The molecule has 1 aliphatic rings. The maximum absolute atomic E-state index is 11.0. The number of rotatable bonds is 3. The van der Waals surface area contributed by atoms with E-state index in [1.54, 1.807) is 0 Å². The summed E-state index contributed by atoms with van der Waals surface area (Å²) in [5.41, 5.74) is 9.68. The number of carboxylic acid groups (broad SMARTS) is 1. The Labute approximate surface area is 107 Å². The topological polar surface area (TPSA) is 66.6 Å². The van der Waals surface area contributed by atoms with E-state index in [0.717, 1.165) is 24.2 Å². The van der Waals surface area contributed by atoms with Crippen LogP contribution in [0.25, 0.3) is 0 Å². The van der Waals surface area contributed by atoms with Crippen molar-refractivity contribution in [3.63, 3.8) is 0 Å². The van der Waals surface area contributed by atoms with Gasteiger partial charge in [0.15, 0.2) is 0 Å². The zero-order valence-electron chi connectivity index (χ0n) is 10.9. The number of nitrogens with zero attached hydrogens (tertiary/aromatic N) is 1. The van der Waals surface area contributed by atoms with Crippen LogP contribution in [0, 0.1) is 13.8 Å². The van der Waals surface area contributed by atoms with Gasteiger partial charge in [-0.05, 0) is 49.4 Å². The summed E-state index contributed by atoms with van der Waals surface area (Å²) in [6.07, 6.45) is 2.46. The number of anilines is 1. The minimum Gasteiger partial charge on any atom is -0.480 e. The lowest BCUT2D eigenvalue weighted by Gasteiger charge is -2.23. The Morgan fingerprint density at radius 1 is 1.28 bits per heavy atom. The van der Waals surface area contributed by atoms with Crippen LogP contribution in [0.4, 0.5) is 5.69 Å². The summed E-state index contributed by atoms with van der Waals surface area (Å²) in [7, 11) is 0. The molecule has 1 fully saturated rings. The summed E-state index contributed by atoms with van der Waals surface area (Å²) in [5.74, 6) is -0.980. The number of benzene rings is 1. The number of carboxylic acids is 1. The van der Waals surface area contributed by atoms with Crippen molar-refractivity contribution < 1.29 is 9.90 Å². The summed E-state index contributed by atoms with van der Waals surface area (Å²) in [4.78, 5) is 13.3. The minimum absolute atomic E-state index is 0.711. The second-order valence-electron chi connectivity index (χ2n) is 5.01. The standard InChI is InChI=1S/C14H20N2O2/c1-9-8-12(16-5-3-4-6-16)10(2)7-11(9)13(15)14(17)18/h7-8,13H,3-6,15H2,1-2H3,(H,17,18)/t13-/m0/s1. The van der Waals surface area contributed by atoms with Crippen LogP contribution in [-0.2, 0) is 4.79 Å². The van der Waals surface area contributed by atoms with Crippen molar-refractivity contribution in [1.82, 2.24) is 0 Å². The molecule has 0 unspecified atom stereocenters. The van der Waals surface area contributed by atoms with E-state index in [-0.39, 0.29) is 0 Å². The molecule has 1 saturated heterocycles. The first-order valence-electron chi connectivity index (χ1n) is 6.35. The van der Waals surface area contributed by atoms with Crippen LogP contribution in [0.2, 0.25) is 0 Å². The molecule has 18 heavy (non-hydrogen) atoms. The molecule has 1 atom stereocenters. The Kier molecular flexibility index (Phi) is 3.57. The van der Waals surface area contributed by atoms with Crippen molar-refractivity contribution in [3.05, 3.63) is 28.8 Å². The van der Waals surface area contributed by atoms with Crippen LogP contribution >= 0.6 is 0 Å². The average Bonchev–Trinajstić information content (AvgIpc) is 2.84. The number of carbonyl (C=O) groups is 1. The number of aliphatic carboxylic acids is 1. The molecular weight excluding hydrogens is 228 g/mol. The highest BCUT2D eigenvalue weighted by molar-refractivity contribution is 5.76. The van der Waals surface area contributed by atoms with Crippen LogP contribution in [0.3, 0.4) is 0 Å². The van der Waals surface area contributed by atoms with Gasteiger partial charge in [0.25, 0.3) is 0 Å². The normalized spacial score (nSPS) is 16.9. The molecule has 4 nitrogen and oxygen atoms in total. The van der Waals surface area contributed by atoms with E-state index in [1.165, 1.54) is 18.5 Å². The van der Waals surface area contributed by atoms with Gasteiger partial charge in [-0.3, -0.25) is 4.79 Å². The van der Waals surface area contributed by atoms with Crippen molar-refractivity contribution in [2.75, 3.05) is 18.0 Å². The molecule has 0 saturated carbocycles. The number of nitrogens with two attached hydrogens (primary N) is 1. The van der Waals surface area contributed by atoms with Crippen LogP contribution in [-0.4, -0.2) is 24.2 Å². The fourth-order valence-electron chi connectivity index (χ4n) is 2.59. The highest BCUT2D eigenvalue weighted by atomic mass is 16.4. The third-order valence-electron chi connectivity index (χ3n) is 3.63. The SMILES string of the molecule is Cc1cc(N2CCCC2)c(C)cc1[C@H](N)C(=O)O. The van der Waals surface area contributed by atoms with Gasteiger partial charge in [0, 0.05) is 18.8 Å². The predicted molar refractivity (Wildman–Crippen MR) is 71.9 cm³/mol. The molecule has 4 heteroatoms. The molecule has 2 rings (SSSR count). The fourth-order valence-corrected chi connectivity index (χ4v) is 2.59. The molecule has 0 aromatic heterocycles. The molecular formula is C14H20N2O2. The zero-order valence-corrected chi connectivity index (χ0v) is 10.9. The first-order chi connectivity index (χ1) is 8.50. The van der Waals surface area contributed by atoms with Gasteiger partial charge >= 0.3 is 5.97 Å². The van der Waals surface area contributed by atoms with E-state index in [1.807, 2.05) is 19.9 Å². The third-order valence-corrected chi connectivity index (χ3v) is 3.63. The first kappa shape index (κ1) is 12.9. The van der Waals surface area contributed by atoms with Crippen molar-refractivity contribution in [2.24, 2.45) is 5.73 Å². The van der Waals surface area contributed by atoms with E-state index < -0.39 is 12.0 Å². The van der Waals surface area contributed by atoms with Crippen LogP contribution in [0.1, 0.15) is 35.6 Å². The quantitative estimate of drug-likeness (QED) is 0.858. The van der Waals surface area contributed by atoms with Gasteiger partial charge in [-0.15, -0.1) is 0 Å². The second kappa shape index (κ2) is 4.98. The Balaban J connectivity index is 2.37. The van der Waals surface area contributed by atoms with E-state index in [2.05, 4.69) is 11.0 Å². The minimum atomic E-state index is -0.980. The summed E-state index contributed by atoms with van der Waals surface area (Å²) >= 11 is 0. The van der Waals surface area contributed by atoms with Gasteiger partial charge in [0.1, 0.15) is 6.04 Å². The molecule has 3 N–H and O–H groups in total. The summed E-state index contributed by atoms with van der Waals surface area (Å²) in [6.45, 7) is 6.12. The molecule has 1 aromatic carbocycles. The van der Waals surface area contributed by atoms with E-state index in [0.29, 0.717) is 5.56 Å². The number of aryl methyl sites for hydroxylation is 2. The molecule has 0 spiro atoms. The van der Waals surface area contributed by atoms with Gasteiger partial charge in [-0.25, -0.2) is 0 Å². The molecule has 1 aromatic rings. The lowest BCUT2D eigenvalue weighted by atomic mass is 9.97. The van der Waals surface area contributed by atoms with Crippen molar-refractivity contribution in [2.45, 2.75) is 32.7 Å². The molecule has 0 bridgehead atoms. The largest absolute Gasteiger partial charge is 0.480 e. The fraction of sp³-hybridized carbons (Fsp3) is 0.500. The Hall–Kier alpha value is -1.55. The Morgan fingerprint density at radius 3 is 2.44 bits per heavy atom. The maximum Gasteiger partial charge on any atom is 0.325 e. The van der Waals surface area contributed by atoms with E-state index in [4.69, 9.17) is 10.8 Å². The second-order valence-corrected chi connectivity index (χ2v) is 5.01. The highest BCUT2D eigenvalue weighted by Gasteiger charge is 2.20. The van der Waals surface area contributed by atoms with Crippen molar-refractivity contribution >= 4 is 11.7 Å². The molecule has 0 aliphatic carbocycles. The molecule has 1 heterocycles. The first-order valence-corrected chi connectivity index (χ1v) is 6.35. The van der Waals surface area contributed by atoms with E-state index >= 15 is 0 Å². The van der Waals surface area contributed by atoms with Crippen molar-refractivity contribution in [1.29, 1.82) is 0 Å². The van der Waals surface area contributed by atoms with Gasteiger partial charge in [-0.2, -0.15) is 0 Å². The summed E-state index contributed by atoms with van der Waals surface area (Å²) < 4.78 is 0. The van der Waals surface area contributed by atoms with Gasteiger partial charge in [0.2, 0.25) is 0 Å². The van der Waals surface area contributed by atoms with Gasteiger partial charge < -0.3 is 15.7 Å². The Bertz CT molecular complexity index is 465. The van der Waals surface area contributed by atoms with Gasteiger partial charge in [0.05, 0.1) is 0 Å². The Morgan fingerprint density at radius 2 is 1.89 bits per heavy atom. The van der Waals surface area contributed by atoms with E-state index in [9.17, 15) is 4.79 Å². The summed E-state index contributed by atoms with van der Waals surface area (Å²) in [6, 6.07) is 3.05. The number of hydrogen-bond acceptors (Lipinski definition) is 3. The number of hydrogen-bond donors (Lipinski definition) is 2. The lowest BCUT2D eigenvalue weighted by Crippen LogP contribution is -2.23. The maximum atomic E-state index is 11.0. The van der Waals surface area contributed by atoms with Crippen molar-refractivity contribution in [3.8, 4) is 0 Å². The predicted octanol–water partition coefficient (Wildman–Crippen LogP) is 1.99. The highest BCUT2D eigenvalue weighted by Crippen LogP contribution is 2.29. The third kappa shape index (κ3) is 2.34. The molecule has 98 valence electrons.